The Morgan fingerprint density at radius 2 is 1.39 bits per heavy atom. The quantitative estimate of drug-likeness (QED) is 0.572. The Labute approximate surface area is 188 Å². The maximum absolute atomic E-state index is 13.0. The normalized spacial score (nSPS) is 14.2. The van der Waals surface area contributed by atoms with Crippen LogP contribution in [0.3, 0.4) is 0 Å². The molecule has 0 bridgehead atoms. The molecule has 3 aromatic carbocycles. The molecule has 6 heteroatoms. The molecule has 0 saturated carbocycles. The third-order valence-electron chi connectivity index (χ3n) is 5.61. The largest absolute Gasteiger partial charge is 1.00 e. The lowest BCUT2D eigenvalue weighted by Crippen LogP contribution is -3.15. The molecule has 162 valence electrons. The second kappa shape index (κ2) is 10.9. The molecule has 0 spiro atoms. The maximum atomic E-state index is 13.0. The van der Waals surface area contributed by atoms with Crippen molar-refractivity contribution < 1.29 is 31.2 Å². The first kappa shape index (κ1) is 22.8. The standard InChI is InChI=1S/C25H25FN2O2.ClH/c26-22-11-13-23(14-12-22)30-19-24(29)27-15-17-28(18-16-27)25(20-7-3-1-4-8-20)21-9-5-2-6-10-21;/h1-14,25H,15-19H2;1H. The highest BCUT2D eigenvalue weighted by atomic mass is 35.5. The van der Waals surface area contributed by atoms with Gasteiger partial charge in [0, 0.05) is 11.1 Å². The van der Waals surface area contributed by atoms with Crippen molar-refractivity contribution in [3.8, 4) is 5.75 Å². The molecular formula is C25H26ClFN2O2. The Balaban J connectivity index is 0.00000272. The van der Waals surface area contributed by atoms with Crippen molar-refractivity contribution >= 4 is 5.91 Å². The van der Waals surface area contributed by atoms with Crippen LogP contribution in [0.1, 0.15) is 17.2 Å². The van der Waals surface area contributed by atoms with E-state index in [1.54, 1.807) is 0 Å². The summed E-state index contributed by atoms with van der Waals surface area (Å²) >= 11 is 0. The first-order valence-corrected chi connectivity index (χ1v) is 10.3. The fraction of sp³-hybridized carbons (Fsp3) is 0.240. The Hall–Kier alpha value is -2.89. The van der Waals surface area contributed by atoms with Crippen molar-refractivity contribution in [1.29, 1.82) is 0 Å². The zero-order valence-corrected chi connectivity index (χ0v) is 18.0. The molecule has 1 amide bonds. The van der Waals surface area contributed by atoms with Crippen LogP contribution in [0.5, 0.6) is 5.75 Å². The molecule has 3 aromatic rings. The molecule has 0 aliphatic carbocycles. The minimum absolute atomic E-state index is 0. The number of hydrogen-bond donors (Lipinski definition) is 1. The average molecular weight is 441 g/mol. The van der Waals surface area contributed by atoms with Crippen LogP contribution in [0.4, 0.5) is 4.39 Å². The molecule has 0 unspecified atom stereocenters. The minimum atomic E-state index is -0.320. The molecule has 1 aliphatic heterocycles. The van der Waals surface area contributed by atoms with E-state index in [0.717, 1.165) is 13.1 Å². The van der Waals surface area contributed by atoms with Gasteiger partial charge in [-0.3, -0.25) is 4.79 Å². The number of nitrogens with zero attached hydrogens (tertiary/aromatic N) is 1. The predicted molar refractivity (Wildman–Crippen MR) is 114 cm³/mol. The maximum Gasteiger partial charge on any atom is 0.260 e. The molecule has 1 fully saturated rings. The summed E-state index contributed by atoms with van der Waals surface area (Å²) in [4.78, 5) is 15.9. The molecule has 1 heterocycles. The molecule has 0 aromatic heterocycles. The van der Waals surface area contributed by atoms with E-state index in [2.05, 4.69) is 48.5 Å². The molecule has 1 saturated heterocycles. The van der Waals surface area contributed by atoms with Crippen LogP contribution in [-0.2, 0) is 4.79 Å². The van der Waals surface area contributed by atoms with Gasteiger partial charge in [-0.1, -0.05) is 60.7 Å². The average Bonchev–Trinajstić information content (AvgIpc) is 2.81. The summed E-state index contributed by atoms with van der Waals surface area (Å²) < 4.78 is 18.5. The summed E-state index contributed by atoms with van der Waals surface area (Å²) in [6.45, 7) is 3.10. The number of nitrogens with one attached hydrogen (secondary N) is 1. The fourth-order valence-corrected chi connectivity index (χ4v) is 4.05. The number of rotatable bonds is 6. The van der Waals surface area contributed by atoms with Crippen molar-refractivity contribution in [3.63, 3.8) is 0 Å². The highest BCUT2D eigenvalue weighted by Crippen LogP contribution is 2.19. The molecule has 31 heavy (non-hydrogen) atoms. The van der Waals surface area contributed by atoms with Gasteiger partial charge in [0.1, 0.15) is 17.6 Å². The number of quaternary nitrogens is 1. The topological polar surface area (TPSA) is 34.0 Å². The fourth-order valence-electron chi connectivity index (χ4n) is 4.05. The zero-order chi connectivity index (χ0) is 20.8. The van der Waals surface area contributed by atoms with Crippen LogP contribution in [0, 0.1) is 5.82 Å². The van der Waals surface area contributed by atoms with Crippen LogP contribution in [0.2, 0.25) is 0 Å². The van der Waals surface area contributed by atoms with E-state index in [1.807, 2.05) is 17.0 Å². The summed E-state index contributed by atoms with van der Waals surface area (Å²) in [5, 5.41) is 0. The van der Waals surface area contributed by atoms with Gasteiger partial charge in [-0.05, 0) is 24.3 Å². The van der Waals surface area contributed by atoms with Crippen molar-refractivity contribution in [1.82, 2.24) is 4.90 Å². The first-order chi connectivity index (χ1) is 14.7. The van der Waals surface area contributed by atoms with Crippen LogP contribution in [0.15, 0.2) is 84.9 Å². The molecule has 4 nitrogen and oxygen atoms in total. The number of carbonyl (C=O) groups excluding carboxylic acids is 1. The molecule has 4 rings (SSSR count). The Morgan fingerprint density at radius 3 is 1.90 bits per heavy atom. The zero-order valence-electron chi connectivity index (χ0n) is 17.2. The van der Waals surface area contributed by atoms with Gasteiger partial charge in [-0.2, -0.15) is 0 Å². The summed E-state index contributed by atoms with van der Waals surface area (Å²) in [5.74, 6) is 0.149. The van der Waals surface area contributed by atoms with Crippen LogP contribution in [0.25, 0.3) is 0 Å². The second-order valence-electron chi connectivity index (χ2n) is 7.54. The van der Waals surface area contributed by atoms with Gasteiger partial charge in [0.05, 0.1) is 26.2 Å². The van der Waals surface area contributed by atoms with E-state index in [9.17, 15) is 9.18 Å². The van der Waals surface area contributed by atoms with Gasteiger partial charge < -0.3 is 26.9 Å². The van der Waals surface area contributed by atoms with Gasteiger partial charge in [0.2, 0.25) is 0 Å². The van der Waals surface area contributed by atoms with Gasteiger partial charge in [0.25, 0.3) is 5.91 Å². The van der Waals surface area contributed by atoms with Crippen molar-refractivity contribution in [2.75, 3.05) is 32.8 Å². The number of benzene rings is 3. The van der Waals surface area contributed by atoms with Crippen LogP contribution >= 0.6 is 0 Å². The lowest BCUT2D eigenvalue weighted by molar-refractivity contribution is -0.929. The predicted octanol–water partition coefficient (Wildman–Crippen LogP) is -0.275. The number of amides is 1. The Morgan fingerprint density at radius 1 is 0.871 bits per heavy atom. The lowest BCUT2D eigenvalue weighted by atomic mass is 9.96. The molecule has 1 N–H and O–H groups in total. The minimum Gasteiger partial charge on any atom is -1.00 e. The van der Waals surface area contributed by atoms with E-state index in [1.165, 1.54) is 40.3 Å². The molecular weight excluding hydrogens is 415 g/mol. The smallest absolute Gasteiger partial charge is 0.260 e. The molecule has 0 radical (unpaired) electrons. The number of halogens is 2. The lowest BCUT2D eigenvalue weighted by Gasteiger charge is -2.37. The van der Waals surface area contributed by atoms with E-state index >= 15 is 0 Å². The monoisotopic (exact) mass is 440 g/mol. The number of piperazine rings is 1. The summed E-state index contributed by atoms with van der Waals surface area (Å²) in [7, 11) is 0. The second-order valence-corrected chi connectivity index (χ2v) is 7.54. The van der Waals surface area contributed by atoms with Crippen molar-refractivity contribution in [3.05, 3.63) is 102 Å². The highest BCUT2D eigenvalue weighted by Gasteiger charge is 2.31. The third kappa shape index (κ3) is 5.84. The summed E-state index contributed by atoms with van der Waals surface area (Å²) in [5.41, 5.74) is 2.58. The number of carbonyl (C=O) groups is 1. The number of hydrogen-bond acceptors (Lipinski definition) is 2. The van der Waals surface area contributed by atoms with Gasteiger partial charge >= 0.3 is 0 Å². The third-order valence-corrected chi connectivity index (χ3v) is 5.61. The van der Waals surface area contributed by atoms with E-state index in [-0.39, 0.29) is 36.8 Å². The summed E-state index contributed by atoms with van der Waals surface area (Å²) in [6, 6.07) is 27.1. The SMILES string of the molecule is O=C(COc1ccc(F)cc1)N1CC[NH+](C(c2ccccc2)c2ccccc2)CC1.[Cl-]. The van der Waals surface area contributed by atoms with E-state index < -0.39 is 0 Å². The van der Waals surface area contributed by atoms with E-state index in [0.29, 0.717) is 18.8 Å². The van der Waals surface area contributed by atoms with Crippen LogP contribution < -0.4 is 22.0 Å². The van der Waals surface area contributed by atoms with Gasteiger partial charge in [-0.15, -0.1) is 0 Å². The number of ether oxygens (including phenoxy) is 1. The van der Waals surface area contributed by atoms with Crippen LogP contribution in [-0.4, -0.2) is 43.6 Å². The van der Waals surface area contributed by atoms with Gasteiger partial charge in [0.15, 0.2) is 6.61 Å². The Kier molecular flexibility index (Phi) is 8.04. The van der Waals surface area contributed by atoms with E-state index in [4.69, 9.17) is 4.74 Å². The van der Waals surface area contributed by atoms with Crippen molar-refractivity contribution in [2.45, 2.75) is 6.04 Å². The molecule has 1 aliphatic rings. The summed E-state index contributed by atoms with van der Waals surface area (Å²) in [6.07, 6.45) is 0. The van der Waals surface area contributed by atoms with Crippen molar-refractivity contribution in [2.24, 2.45) is 0 Å². The molecule has 0 atom stereocenters. The first-order valence-electron chi connectivity index (χ1n) is 10.3. The van der Waals surface area contributed by atoms with Gasteiger partial charge in [-0.25, -0.2) is 4.39 Å². The highest BCUT2D eigenvalue weighted by molar-refractivity contribution is 5.77. The Bertz CT molecular complexity index is 907.